The van der Waals surface area contributed by atoms with Gasteiger partial charge in [-0.2, -0.15) is 13.2 Å². The number of sulfonamides is 1. The van der Waals surface area contributed by atoms with Crippen LogP contribution in [0.3, 0.4) is 0 Å². The molecule has 2 aromatic carbocycles. The average molecular weight is 428 g/mol. The van der Waals surface area contributed by atoms with E-state index in [4.69, 9.17) is 4.74 Å². The van der Waals surface area contributed by atoms with Crippen LogP contribution in [0.1, 0.15) is 28.3 Å². The molecule has 0 saturated carbocycles. The molecule has 0 bridgehead atoms. The molecular weight excluding hydrogens is 405 g/mol. The largest absolute Gasteiger partial charge is 0.493 e. The summed E-state index contributed by atoms with van der Waals surface area (Å²) in [5.74, 6) is 0.470. The highest BCUT2D eigenvalue weighted by Crippen LogP contribution is 2.30. The van der Waals surface area contributed by atoms with E-state index in [2.05, 4.69) is 4.72 Å². The van der Waals surface area contributed by atoms with Crippen LogP contribution < -0.4 is 9.46 Å². The molecule has 0 saturated heterocycles. The molecule has 1 aliphatic heterocycles. The zero-order valence-electron chi connectivity index (χ0n) is 16.2. The maximum Gasteiger partial charge on any atom is 0.416 e. The predicted molar refractivity (Wildman–Crippen MR) is 104 cm³/mol. The summed E-state index contributed by atoms with van der Waals surface area (Å²) in [6.45, 7) is 0.792. The minimum Gasteiger partial charge on any atom is -0.493 e. The first-order valence-corrected chi connectivity index (χ1v) is 10.8. The van der Waals surface area contributed by atoms with Crippen molar-refractivity contribution in [3.05, 3.63) is 64.7 Å². The minimum atomic E-state index is -4.45. The number of hydrogen-bond donors (Lipinski definition) is 1. The highest BCUT2D eigenvalue weighted by Gasteiger charge is 2.30. The Morgan fingerprint density at radius 2 is 1.83 bits per heavy atom. The molecule has 5 nitrogen and oxygen atoms in total. The van der Waals surface area contributed by atoms with Gasteiger partial charge in [0.1, 0.15) is 5.75 Å². The molecule has 0 spiro atoms. The summed E-state index contributed by atoms with van der Waals surface area (Å²) < 4.78 is 70.9. The van der Waals surface area contributed by atoms with Crippen LogP contribution in [-0.4, -0.2) is 40.6 Å². The standard InChI is InChI=1S/C20H23F3N2O3S/c1-25(2)18(15-5-8-19-16(11-15)9-10-28-19)12-24-29(26,27)13-14-3-6-17(7-4-14)20(21,22)23/h3-8,11,18,24H,9-10,12-13H2,1-2H3. The van der Waals surface area contributed by atoms with Crippen molar-refractivity contribution in [3.63, 3.8) is 0 Å². The lowest BCUT2D eigenvalue weighted by Gasteiger charge is -2.25. The van der Waals surface area contributed by atoms with Crippen molar-refractivity contribution in [3.8, 4) is 5.75 Å². The van der Waals surface area contributed by atoms with Gasteiger partial charge in [0.25, 0.3) is 0 Å². The maximum atomic E-state index is 12.6. The molecule has 0 aliphatic carbocycles. The third-order valence-electron chi connectivity index (χ3n) is 4.86. The molecule has 1 heterocycles. The van der Waals surface area contributed by atoms with Gasteiger partial charge in [-0.3, -0.25) is 0 Å². The lowest BCUT2D eigenvalue weighted by atomic mass is 10.0. The van der Waals surface area contributed by atoms with Crippen LogP contribution in [0, 0.1) is 0 Å². The molecule has 0 fully saturated rings. The summed E-state index contributed by atoms with van der Waals surface area (Å²) in [6, 6.07) is 9.79. The van der Waals surface area contributed by atoms with E-state index in [9.17, 15) is 21.6 Å². The van der Waals surface area contributed by atoms with Gasteiger partial charge in [-0.05, 0) is 49.0 Å². The van der Waals surface area contributed by atoms with E-state index in [1.807, 2.05) is 37.2 Å². The van der Waals surface area contributed by atoms with Crippen LogP contribution >= 0.6 is 0 Å². The second-order valence-electron chi connectivity index (χ2n) is 7.25. The molecule has 0 amide bonds. The Kier molecular flexibility index (Phi) is 6.21. The molecule has 1 N–H and O–H groups in total. The van der Waals surface area contributed by atoms with Crippen molar-refractivity contribution in [2.75, 3.05) is 27.2 Å². The summed E-state index contributed by atoms with van der Waals surface area (Å²) in [4.78, 5) is 1.91. The van der Waals surface area contributed by atoms with Gasteiger partial charge in [-0.25, -0.2) is 13.1 Å². The summed E-state index contributed by atoms with van der Waals surface area (Å²) in [6.07, 6.45) is -3.63. The van der Waals surface area contributed by atoms with Crippen LogP contribution in [0.25, 0.3) is 0 Å². The molecule has 0 radical (unpaired) electrons. The fourth-order valence-corrected chi connectivity index (χ4v) is 4.42. The molecule has 1 unspecified atom stereocenters. The summed E-state index contributed by atoms with van der Waals surface area (Å²) in [7, 11) is 0.00570. The first-order chi connectivity index (χ1) is 13.5. The molecule has 29 heavy (non-hydrogen) atoms. The molecule has 2 aromatic rings. The zero-order chi connectivity index (χ0) is 21.2. The van der Waals surface area contributed by atoms with Crippen molar-refractivity contribution >= 4 is 10.0 Å². The van der Waals surface area contributed by atoms with Crippen LogP contribution in [0.15, 0.2) is 42.5 Å². The number of benzene rings is 2. The molecule has 158 valence electrons. The van der Waals surface area contributed by atoms with Gasteiger partial charge >= 0.3 is 6.18 Å². The lowest BCUT2D eigenvalue weighted by Crippen LogP contribution is -2.35. The number of rotatable bonds is 7. The van der Waals surface area contributed by atoms with Gasteiger partial charge in [0.05, 0.1) is 17.9 Å². The highest BCUT2D eigenvalue weighted by atomic mass is 32.2. The monoisotopic (exact) mass is 428 g/mol. The van der Waals surface area contributed by atoms with Gasteiger partial charge in [0, 0.05) is 19.0 Å². The van der Waals surface area contributed by atoms with E-state index < -0.39 is 21.8 Å². The Morgan fingerprint density at radius 3 is 2.45 bits per heavy atom. The molecule has 0 aromatic heterocycles. The smallest absolute Gasteiger partial charge is 0.416 e. The number of hydrogen-bond acceptors (Lipinski definition) is 4. The Balaban J connectivity index is 1.67. The topological polar surface area (TPSA) is 58.6 Å². The lowest BCUT2D eigenvalue weighted by molar-refractivity contribution is -0.137. The Hall–Kier alpha value is -2.10. The fourth-order valence-electron chi connectivity index (χ4n) is 3.28. The van der Waals surface area contributed by atoms with Crippen LogP contribution in [0.4, 0.5) is 13.2 Å². The van der Waals surface area contributed by atoms with Crippen LogP contribution in [0.2, 0.25) is 0 Å². The SMILES string of the molecule is CN(C)C(CNS(=O)(=O)Cc1ccc(C(F)(F)F)cc1)c1ccc2c(c1)CCO2. The van der Waals surface area contributed by atoms with Crippen molar-refractivity contribution in [1.29, 1.82) is 0 Å². The highest BCUT2D eigenvalue weighted by molar-refractivity contribution is 7.88. The number of halogens is 3. The summed E-state index contributed by atoms with van der Waals surface area (Å²) >= 11 is 0. The van der Waals surface area contributed by atoms with Crippen molar-refractivity contribution in [2.45, 2.75) is 24.4 Å². The van der Waals surface area contributed by atoms with Crippen molar-refractivity contribution < 1.29 is 26.3 Å². The Labute approximate surface area is 168 Å². The number of nitrogens with zero attached hydrogens (tertiary/aromatic N) is 1. The third-order valence-corrected chi connectivity index (χ3v) is 6.18. The maximum absolute atomic E-state index is 12.6. The number of ether oxygens (including phenoxy) is 1. The Morgan fingerprint density at radius 1 is 1.14 bits per heavy atom. The number of alkyl halides is 3. The van der Waals surface area contributed by atoms with Crippen LogP contribution in [-0.2, 0) is 28.4 Å². The fraction of sp³-hybridized carbons (Fsp3) is 0.400. The molecule has 9 heteroatoms. The molecule has 3 rings (SSSR count). The van der Waals surface area contributed by atoms with E-state index >= 15 is 0 Å². The van der Waals surface area contributed by atoms with Gasteiger partial charge in [0.15, 0.2) is 0 Å². The van der Waals surface area contributed by atoms with E-state index in [0.29, 0.717) is 12.2 Å². The third kappa shape index (κ3) is 5.49. The second-order valence-corrected chi connectivity index (χ2v) is 9.05. The van der Waals surface area contributed by atoms with Gasteiger partial charge in [0.2, 0.25) is 10.0 Å². The van der Waals surface area contributed by atoms with Crippen LogP contribution in [0.5, 0.6) is 5.75 Å². The normalized spacial score (nSPS) is 15.2. The van der Waals surface area contributed by atoms with E-state index in [0.717, 1.165) is 35.4 Å². The van der Waals surface area contributed by atoms with Crippen molar-refractivity contribution in [1.82, 2.24) is 9.62 Å². The predicted octanol–water partition coefficient (Wildman–Crippen LogP) is 3.36. The Bertz CT molecular complexity index is 958. The average Bonchev–Trinajstić information content (AvgIpc) is 3.08. The van der Waals surface area contributed by atoms with Crippen molar-refractivity contribution in [2.24, 2.45) is 0 Å². The van der Waals surface area contributed by atoms with E-state index in [1.54, 1.807) is 0 Å². The molecular formula is C20H23F3N2O3S. The van der Waals surface area contributed by atoms with Gasteiger partial charge in [-0.15, -0.1) is 0 Å². The first-order valence-electron chi connectivity index (χ1n) is 9.11. The number of fused-ring (bicyclic) bond motifs is 1. The number of likely N-dealkylation sites (N-methyl/N-ethyl adjacent to an activating group) is 1. The molecule has 1 atom stereocenters. The zero-order valence-corrected chi connectivity index (χ0v) is 17.0. The first kappa shape index (κ1) is 21.6. The van der Waals surface area contributed by atoms with Gasteiger partial charge in [-0.1, -0.05) is 24.3 Å². The van der Waals surface area contributed by atoms with Gasteiger partial charge < -0.3 is 9.64 Å². The summed E-state index contributed by atoms with van der Waals surface area (Å²) in [5.41, 5.74) is 1.56. The summed E-state index contributed by atoms with van der Waals surface area (Å²) in [5, 5.41) is 0. The minimum absolute atomic E-state index is 0.148. The molecule has 1 aliphatic rings. The van der Waals surface area contributed by atoms with E-state index in [-0.39, 0.29) is 18.3 Å². The second kappa shape index (κ2) is 8.33. The quantitative estimate of drug-likeness (QED) is 0.735. The van der Waals surface area contributed by atoms with E-state index in [1.165, 1.54) is 12.1 Å². The number of nitrogens with one attached hydrogen (secondary N) is 1.